The Kier molecular flexibility index (Phi) is 4.32. The van der Waals surface area contributed by atoms with Crippen LogP contribution in [0.4, 0.5) is 0 Å². The van der Waals surface area contributed by atoms with Gasteiger partial charge < -0.3 is 19.2 Å². The Morgan fingerprint density at radius 1 is 1.44 bits per heavy atom. The molecule has 0 radical (unpaired) electrons. The largest absolute Gasteiger partial charge is 0.491 e. The Hall–Kier alpha value is -2.16. The quantitative estimate of drug-likeness (QED) is 0.729. The molecular weight excluding hydrogens is 342 g/mol. The molecule has 0 saturated heterocycles. The Morgan fingerprint density at radius 2 is 2.32 bits per heavy atom. The summed E-state index contributed by atoms with van der Waals surface area (Å²) in [5.41, 5.74) is 2.66. The molecule has 7 nitrogen and oxygen atoms in total. The summed E-state index contributed by atoms with van der Waals surface area (Å²) in [6.07, 6.45) is 4.93. The van der Waals surface area contributed by atoms with Crippen LogP contribution in [0.2, 0.25) is 0 Å². The van der Waals surface area contributed by atoms with E-state index in [0.29, 0.717) is 17.9 Å². The van der Waals surface area contributed by atoms with Gasteiger partial charge in [0.1, 0.15) is 16.6 Å². The molecule has 0 amide bonds. The molecule has 2 N–H and O–H groups in total. The lowest BCUT2D eigenvalue weighted by Gasteiger charge is -2.18. The molecule has 1 aliphatic heterocycles. The second-order valence-electron chi connectivity index (χ2n) is 5.93. The standard InChI is InChI=1S/C17H19N3O4S/c1-22-8-11(23-2)13-10-4-3-5-24-14-12(10)16(17(21)20-13)25-15(14)9-6-18-19-7-9/h6-7,11H,3-5,8H2,1-2H3,(H,18,19)(H,20,21)/t11-/m0/s1. The number of thiophene rings is 1. The summed E-state index contributed by atoms with van der Waals surface area (Å²) in [7, 11) is 3.24. The van der Waals surface area contributed by atoms with Gasteiger partial charge >= 0.3 is 0 Å². The van der Waals surface area contributed by atoms with E-state index in [0.717, 1.165) is 45.7 Å². The number of H-pyrrole nitrogens is 2. The van der Waals surface area contributed by atoms with Crippen LogP contribution < -0.4 is 10.3 Å². The topological polar surface area (TPSA) is 89.2 Å². The van der Waals surface area contributed by atoms with Crippen LogP contribution in [0, 0.1) is 0 Å². The first-order valence-electron chi connectivity index (χ1n) is 8.09. The molecule has 4 rings (SSSR count). The van der Waals surface area contributed by atoms with Crippen molar-refractivity contribution >= 4 is 21.4 Å². The van der Waals surface area contributed by atoms with Gasteiger partial charge in [-0.3, -0.25) is 9.89 Å². The summed E-state index contributed by atoms with van der Waals surface area (Å²) in [6.45, 7) is 0.987. The number of hydrogen-bond acceptors (Lipinski definition) is 6. The zero-order valence-electron chi connectivity index (χ0n) is 14.0. The number of aromatic nitrogens is 3. The molecule has 1 aliphatic rings. The summed E-state index contributed by atoms with van der Waals surface area (Å²) < 4.78 is 17.5. The molecule has 3 aromatic rings. The molecule has 8 heteroatoms. The SMILES string of the molecule is COC[C@H](OC)c1[nH]c(=O)c2sc(-c3cn[nH]c3)c3c2c1CCCO3. The first-order valence-corrected chi connectivity index (χ1v) is 8.91. The molecule has 25 heavy (non-hydrogen) atoms. The number of ether oxygens (including phenoxy) is 3. The van der Waals surface area contributed by atoms with Crippen LogP contribution in [0.1, 0.15) is 23.8 Å². The molecule has 3 aromatic heterocycles. The van der Waals surface area contributed by atoms with E-state index in [1.54, 1.807) is 20.4 Å². The maximum atomic E-state index is 12.7. The van der Waals surface area contributed by atoms with Gasteiger partial charge in [-0.05, 0) is 18.4 Å². The number of hydrogen-bond donors (Lipinski definition) is 2. The van der Waals surface area contributed by atoms with Crippen LogP contribution in [0.25, 0.3) is 20.5 Å². The third-order valence-corrected chi connectivity index (χ3v) is 5.67. The minimum absolute atomic E-state index is 0.126. The maximum Gasteiger partial charge on any atom is 0.266 e. The highest BCUT2D eigenvalue weighted by molar-refractivity contribution is 7.22. The second-order valence-corrected chi connectivity index (χ2v) is 6.95. The van der Waals surface area contributed by atoms with Gasteiger partial charge in [0.2, 0.25) is 0 Å². The third-order valence-electron chi connectivity index (χ3n) is 4.45. The van der Waals surface area contributed by atoms with E-state index in [4.69, 9.17) is 14.2 Å². The van der Waals surface area contributed by atoms with Gasteiger partial charge in [0, 0.05) is 31.4 Å². The first kappa shape index (κ1) is 16.3. The Bertz CT molecular complexity index is 945. The molecule has 0 bridgehead atoms. The Labute approximate surface area is 147 Å². The Morgan fingerprint density at radius 3 is 3.04 bits per heavy atom. The minimum Gasteiger partial charge on any atom is -0.491 e. The Balaban J connectivity index is 2.02. The van der Waals surface area contributed by atoms with E-state index in [1.807, 2.05) is 6.20 Å². The van der Waals surface area contributed by atoms with Crippen molar-refractivity contribution in [1.29, 1.82) is 0 Å². The van der Waals surface area contributed by atoms with Crippen molar-refractivity contribution < 1.29 is 14.2 Å². The van der Waals surface area contributed by atoms with E-state index < -0.39 is 0 Å². The van der Waals surface area contributed by atoms with E-state index in [2.05, 4.69) is 15.2 Å². The van der Waals surface area contributed by atoms with Crippen molar-refractivity contribution in [2.24, 2.45) is 0 Å². The summed E-state index contributed by atoms with van der Waals surface area (Å²) in [5.74, 6) is 0.772. The van der Waals surface area contributed by atoms with E-state index in [1.165, 1.54) is 11.3 Å². The van der Waals surface area contributed by atoms with Crippen LogP contribution >= 0.6 is 11.3 Å². The van der Waals surface area contributed by atoms with Gasteiger partial charge in [-0.2, -0.15) is 5.10 Å². The molecule has 0 aromatic carbocycles. The highest BCUT2D eigenvalue weighted by Gasteiger charge is 2.27. The smallest absolute Gasteiger partial charge is 0.266 e. The highest BCUT2D eigenvalue weighted by Crippen LogP contribution is 2.46. The number of methoxy groups -OCH3 is 2. The van der Waals surface area contributed by atoms with Crippen LogP contribution in [0.5, 0.6) is 5.75 Å². The van der Waals surface area contributed by atoms with Crippen LogP contribution in [0.15, 0.2) is 17.2 Å². The summed E-state index contributed by atoms with van der Waals surface area (Å²) in [5, 5.41) is 7.74. The van der Waals surface area contributed by atoms with Crippen molar-refractivity contribution in [3.63, 3.8) is 0 Å². The average Bonchev–Trinajstić information content (AvgIpc) is 3.21. The van der Waals surface area contributed by atoms with Crippen molar-refractivity contribution in [3.8, 4) is 16.2 Å². The average molecular weight is 361 g/mol. The summed E-state index contributed by atoms with van der Waals surface area (Å²) in [4.78, 5) is 16.7. The zero-order chi connectivity index (χ0) is 17.4. The monoisotopic (exact) mass is 361 g/mol. The maximum absolute atomic E-state index is 12.7. The molecule has 0 aliphatic carbocycles. The van der Waals surface area contributed by atoms with Crippen molar-refractivity contribution in [1.82, 2.24) is 15.2 Å². The zero-order valence-corrected chi connectivity index (χ0v) is 14.9. The number of nitrogens with one attached hydrogen (secondary N) is 2. The van der Waals surface area contributed by atoms with E-state index >= 15 is 0 Å². The molecule has 0 saturated carbocycles. The fourth-order valence-electron chi connectivity index (χ4n) is 3.32. The first-order chi connectivity index (χ1) is 12.2. The molecule has 132 valence electrons. The number of nitrogens with zero attached hydrogens (tertiary/aromatic N) is 1. The predicted octanol–water partition coefficient (Wildman–Crippen LogP) is 2.64. The summed E-state index contributed by atoms with van der Waals surface area (Å²) >= 11 is 1.44. The molecule has 4 heterocycles. The predicted molar refractivity (Wildman–Crippen MR) is 95.5 cm³/mol. The van der Waals surface area contributed by atoms with Crippen LogP contribution in [-0.4, -0.2) is 42.6 Å². The molecule has 0 spiro atoms. The van der Waals surface area contributed by atoms with Crippen LogP contribution in [0.3, 0.4) is 0 Å². The number of rotatable bonds is 5. The van der Waals surface area contributed by atoms with E-state index in [9.17, 15) is 4.79 Å². The van der Waals surface area contributed by atoms with Gasteiger partial charge in [-0.1, -0.05) is 0 Å². The fraction of sp³-hybridized carbons (Fsp3) is 0.412. The van der Waals surface area contributed by atoms with Crippen molar-refractivity contribution in [2.75, 3.05) is 27.4 Å². The van der Waals surface area contributed by atoms with Gasteiger partial charge in [0.15, 0.2) is 0 Å². The third kappa shape index (κ3) is 2.66. The van der Waals surface area contributed by atoms with Gasteiger partial charge in [0.25, 0.3) is 5.56 Å². The lowest BCUT2D eigenvalue weighted by molar-refractivity contribution is 0.0244. The molecule has 1 atom stereocenters. The minimum atomic E-state index is -0.319. The molecule has 0 fully saturated rings. The van der Waals surface area contributed by atoms with Gasteiger partial charge in [0.05, 0.1) is 30.0 Å². The molecule has 0 unspecified atom stereocenters. The van der Waals surface area contributed by atoms with Gasteiger partial charge in [-0.15, -0.1) is 11.3 Å². The van der Waals surface area contributed by atoms with Gasteiger partial charge in [-0.25, -0.2) is 0 Å². The number of aromatic amines is 2. The second kappa shape index (κ2) is 6.62. The van der Waals surface area contributed by atoms with Crippen LogP contribution in [-0.2, 0) is 15.9 Å². The fourth-order valence-corrected chi connectivity index (χ4v) is 4.47. The van der Waals surface area contributed by atoms with Crippen molar-refractivity contribution in [3.05, 3.63) is 34.0 Å². The molecular formula is C17H19N3O4S. The van der Waals surface area contributed by atoms with E-state index in [-0.39, 0.29) is 11.7 Å². The number of pyridine rings is 1. The normalized spacial score (nSPS) is 15.1. The highest BCUT2D eigenvalue weighted by atomic mass is 32.1. The summed E-state index contributed by atoms with van der Waals surface area (Å²) in [6, 6.07) is 0. The van der Waals surface area contributed by atoms with Crippen molar-refractivity contribution in [2.45, 2.75) is 18.9 Å². The lowest BCUT2D eigenvalue weighted by Crippen LogP contribution is -2.19. The number of aryl methyl sites for hydroxylation is 1. The lowest BCUT2D eigenvalue weighted by atomic mass is 10.0.